The van der Waals surface area contributed by atoms with Crippen LogP contribution in [0.25, 0.3) is 0 Å². The first-order valence-electron chi connectivity index (χ1n) is 16.3. The van der Waals surface area contributed by atoms with E-state index in [1.165, 1.54) is 4.90 Å². The highest BCUT2D eigenvalue weighted by Crippen LogP contribution is 2.41. The minimum absolute atomic E-state index is 0.101. The van der Waals surface area contributed by atoms with E-state index in [4.69, 9.17) is 13.6 Å². The number of hydrogen-bond acceptors (Lipinski definition) is 10. The van der Waals surface area contributed by atoms with Crippen molar-refractivity contribution in [2.75, 3.05) is 26.7 Å². The average molecular weight is 654 g/mol. The summed E-state index contributed by atoms with van der Waals surface area (Å²) < 4.78 is 15.8. The monoisotopic (exact) mass is 653 g/mol. The second kappa shape index (κ2) is 12.5. The van der Waals surface area contributed by atoms with Crippen LogP contribution in [0.3, 0.4) is 0 Å². The largest absolute Gasteiger partial charge is 0.519 e. The van der Waals surface area contributed by atoms with E-state index in [9.17, 15) is 29.1 Å². The lowest BCUT2D eigenvalue weighted by atomic mass is 9.92. The lowest BCUT2D eigenvalue weighted by molar-refractivity contribution is -0.153. The summed E-state index contributed by atoms with van der Waals surface area (Å²) in [6.07, 6.45) is 2.65. The van der Waals surface area contributed by atoms with Gasteiger partial charge in [0.25, 0.3) is 5.91 Å². The molecule has 14 nitrogen and oxygen atoms in total. The molecular formula is C33H43N5O9. The number of fused-ring (bicyclic) bond motifs is 2. The van der Waals surface area contributed by atoms with Gasteiger partial charge in [0.2, 0.25) is 17.7 Å². The molecule has 3 fully saturated rings. The van der Waals surface area contributed by atoms with Crippen molar-refractivity contribution >= 4 is 23.6 Å². The fourth-order valence-corrected chi connectivity index (χ4v) is 6.97. The van der Waals surface area contributed by atoms with Gasteiger partial charge in [-0.05, 0) is 66.0 Å². The Morgan fingerprint density at radius 3 is 2.51 bits per heavy atom. The second-order valence-electron chi connectivity index (χ2n) is 13.6. The number of likely N-dealkylation sites (N-methyl/N-ethyl adjacent to an activating group) is 1. The van der Waals surface area contributed by atoms with E-state index in [2.05, 4.69) is 10.6 Å². The van der Waals surface area contributed by atoms with Gasteiger partial charge in [-0.1, -0.05) is 18.2 Å². The molecule has 0 radical (unpaired) electrons. The molecule has 14 heteroatoms. The van der Waals surface area contributed by atoms with Crippen LogP contribution in [0.5, 0.6) is 5.75 Å². The predicted octanol–water partition coefficient (Wildman–Crippen LogP) is 0.993. The summed E-state index contributed by atoms with van der Waals surface area (Å²) in [4.78, 5) is 71.7. The van der Waals surface area contributed by atoms with Gasteiger partial charge >= 0.3 is 5.82 Å². The number of rotatable bonds is 8. The first-order chi connectivity index (χ1) is 22.3. The summed E-state index contributed by atoms with van der Waals surface area (Å²) in [5, 5.41) is 16.7. The molecule has 2 saturated heterocycles. The number of carbonyl (C=O) groups excluding carboxylic acids is 4. The molecule has 4 aliphatic rings. The molecule has 0 spiro atoms. The molecular weight excluding hydrogens is 610 g/mol. The number of nitrogens with zero attached hydrogens (tertiary/aromatic N) is 3. The predicted molar refractivity (Wildman–Crippen MR) is 166 cm³/mol. The zero-order valence-corrected chi connectivity index (χ0v) is 27.2. The Kier molecular flexibility index (Phi) is 8.68. The number of nitrogens with one attached hydrogen (secondary N) is 2. The summed E-state index contributed by atoms with van der Waals surface area (Å²) in [5.41, 5.74) is -1.33. The molecule has 1 aromatic heterocycles. The third-order valence-electron chi connectivity index (χ3n) is 10.3. The molecule has 2 aromatic rings. The minimum Gasteiger partial charge on any atom is -0.493 e. The van der Waals surface area contributed by atoms with Gasteiger partial charge in [0.1, 0.15) is 29.2 Å². The Morgan fingerprint density at radius 1 is 1.06 bits per heavy atom. The minimum atomic E-state index is -1.45. The SMILES string of the molecule is Cc1oc(=O)oc1CN(C)[C@@H](C)C(=O)N[C@H]1CN(C(=O)C2(O)CC2)CCC2(C)CC[C@@H](C(=O)N[C@@H]3CCOc4ccccc43)N2C1=O. The Bertz CT molecular complexity index is 1620. The molecule has 1 unspecified atom stereocenters. The van der Waals surface area contributed by atoms with Crippen LogP contribution >= 0.6 is 0 Å². The van der Waals surface area contributed by atoms with Crippen LogP contribution in [0, 0.1) is 6.92 Å². The maximum atomic E-state index is 14.5. The molecule has 5 atom stereocenters. The van der Waals surface area contributed by atoms with E-state index in [1.807, 2.05) is 31.2 Å². The summed E-state index contributed by atoms with van der Waals surface area (Å²) >= 11 is 0. The first-order valence-corrected chi connectivity index (χ1v) is 16.3. The van der Waals surface area contributed by atoms with Crippen molar-refractivity contribution in [3.8, 4) is 5.75 Å². The van der Waals surface area contributed by atoms with E-state index in [-0.39, 0.29) is 37.3 Å². The number of aryl methyl sites for hydroxylation is 1. The van der Waals surface area contributed by atoms with E-state index >= 15 is 0 Å². The van der Waals surface area contributed by atoms with Gasteiger partial charge in [-0.2, -0.15) is 0 Å². The molecule has 3 N–H and O–H groups in total. The third kappa shape index (κ3) is 6.40. The van der Waals surface area contributed by atoms with Crippen LogP contribution in [0.15, 0.2) is 37.9 Å². The van der Waals surface area contributed by atoms with Crippen molar-refractivity contribution in [2.45, 2.75) is 101 Å². The zero-order chi connectivity index (χ0) is 33.7. The normalized spacial score (nSPS) is 27.2. The molecule has 47 heavy (non-hydrogen) atoms. The highest BCUT2D eigenvalue weighted by molar-refractivity contribution is 5.95. The number of ether oxygens (including phenoxy) is 1. The van der Waals surface area contributed by atoms with Crippen molar-refractivity contribution in [2.24, 2.45) is 0 Å². The molecule has 4 amide bonds. The van der Waals surface area contributed by atoms with Crippen molar-refractivity contribution < 1.29 is 37.9 Å². The van der Waals surface area contributed by atoms with Gasteiger partial charge in [0, 0.05) is 24.1 Å². The van der Waals surface area contributed by atoms with Gasteiger partial charge < -0.3 is 39.1 Å². The van der Waals surface area contributed by atoms with Crippen LogP contribution in [0.1, 0.15) is 75.5 Å². The maximum absolute atomic E-state index is 14.5. The van der Waals surface area contributed by atoms with Crippen LogP contribution in [-0.4, -0.2) is 99.4 Å². The molecule has 254 valence electrons. The number of aliphatic hydroxyl groups is 1. The lowest BCUT2D eigenvalue weighted by Crippen LogP contribution is -2.65. The van der Waals surface area contributed by atoms with E-state index < -0.39 is 52.8 Å². The molecule has 1 saturated carbocycles. The Hall–Kier alpha value is -4.17. The molecule has 1 aliphatic carbocycles. The standard InChI is InChI=1S/C33H43N5O9/c1-19(36(4)18-26-20(2)46-31(43)47-26)27(39)35-23-17-37(30(42)33(44)12-13-33)15-14-32(3)11-9-24(38(32)29(23)41)28(40)34-22-10-16-45-25-8-6-5-7-21(22)25/h5-8,19,22-24,44H,9-18H2,1-4H3,(H,34,40)(H,35,39)/t19-,22+,23-,24-,32?/m0/s1. The quantitative estimate of drug-likeness (QED) is 0.373. The van der Waals surface area contributed by atoms with Crippen LogP contribution in [-0.2, 0) is 25.7 Å². The fraction of sp³-hybridized carbons (Fsp3) is 0.606. The molecule has 4 heterocycles. The smallest absolute Gasteiger partial charge is 0.493 e. The van der Waals surface area contributed by atoms with Crippen LogP contribution in [0.2, 0.25) is 0 Å². The fourth-order valence-electron chi connectivity index (χ4n) is 6.97. The Labute approximate surface area is 272 Å². The number of hydrogen-bond donors (Lipinski definition) is 3. The summed E-state index contributed by atoms with van der Waals surface area (Å²) in [5.74, 6) is -1.22. The van der Waals surface area contributed by atoms with Gasteiger partial charge in [-0.3, -0.25) is 24.1 Å². The van der Waals surface area contributed by atoms with Gasteiger partial charge in [0.15, 0.2) is 5.76 Å². The van der Waals surface area contributed by atoms with Crippen molar-refractivity contribution in [3.63, 3.8) is 0 Å². The number of amides is 4. The number of carbonyl (C=O) groups is 4. The van der Waals surface area contributed by atoms with Crippen LogP contribution < -0.4 is 21.2 Å². The molecule has 6 rings (SSSR count). The second-order valence-corrected chi connectivity index (χ2v) is 13.6. The molecule has 3 aliphatic heterocycles. The molecule has 0 bridgehead atoms. The van der Waals surface area contributed by atoms with Gasteiger partial charge in [-0.25, -0.2) is 4.79 Å². The highest BCUT2D eigenvalue weighted by Gasteiger charge is 2.55. The number of para-hydroxylation sites is 1. The lowest BCUT2D eigenvalue weighted by Gasteiger charge is -2.45. The van der Waals surface area contributed by atoms with E-state index in [0.29, 0.717) is 50.9 Å². The highest BCUT2D eigenvalue weighted by atomic mass is 16.6. The summed E-state index contributed by atoms with van der Waals surface area (Å²) in [6, 6.07) is 4.57. The summed E-state index contributed by atoms with van der Waals surface area (Å²) in [6.45, 7) is 5.81. The van der Waals surface area contributed by atoms with E-state index in [0.717, 1.165) is 11.3 Å². The summed E-state index contributed by atoms with van der Waals surface area (Å²) in [7, 11) is 1.67. The topological polar surface area (TPSA) is 175 Å². The first kappa shape index (κ1) is 32.8. The molecule has 1 aromatic carbocycles. The van der Waals surface area contributed by atoms with Crippen molar-refractivity contribution in [1.29, 1.82) is 0 Å². The van der Waals surface area contributed by atoms with Crippen molar-refractivity contribution in [1.82, 2.24) is 25.3 Å². The number of benzene rings is 1. The van der Waals surface area contributed by atoms with Gasteiger partial charge in [0.05, 0.1) is 31.8 Å². The Balaban J connectivity index is 1.23. The van der Waals surface area contributed by atoms with Crippen LogP contribution in [0.4, 0.5) is 0 Å². The zero-order valence-electron chi connectivity index (χ0n) is 27.2. The maximum Gasteiger partial charge on any atom is 0.519 e. The average Bonchev–Trinajstić information content (AvgIpc) is 3.59. The van der Waals surface area contributed by atoms with Crippen molar-refractivity contribution in [3.05, 3.63) is 52.0 Å². The van der Waals surface area contributed by atoms with Gasteiger partial charge in [-0.15, -0.1) is 0 Å². The third-order valence-corrected chi connectivity index (χ3v) is 10.3. The van der Waals surface area contributed by atoms with E-state index in [1.54, 1.807) is 30.7 Å². The Morgan fingerprint density at radius 2 is 1.81 bits per heavy atom.